The molecule has 2 amide bonds. The van der Waals surface area contributed by atoms with Gasteiger partial charge in [-0.2, -0.15) is 0 Å². The highest BCUT2D eigenvalue weighted by Crippen LogP contribution is 2.28. The molecule has 0 saturated carbocycles. The highest BCUT2D eigenvalue weighted by Gasteiger charge is 2.36. The SMILES string of the molecule is COc1cccc(N2C[C@@H](C(=O)OCC(=O)Nc3cc(C)c(Br)cc3C)CC2=O)c1. The number of benzene rings is 2. The van der Waals surface area contributed by atoms with Gasteiger partial charge in [-0.1, -0.05) is 22.0 Å². The third-order valence-corrected chi connectivity index (χ3v) is 5.80. The highest BCUT2D eigenvalue weighted by molar-refractivity contribution is 9.10. The number of rotatable bonds is 6. The van der Waals surface area contributed by atoms with Crippen LogP contribution in [0, 0.1) is 19.8 Å². The average molecular weight is 475 g/mol. The summed E-state index contributed by atoms with van der Waals surface area (Å²) in [4.78, 5) is 38.5. The molecule has 0 spiro atoms. The van der Waals surface area contributed by atoms with Crippen molar-refractivity contribution >= 4 is 45.1 Å². The molecule has 1 saturated heterocycles. The predicted molar refractivity (Wildman–Crippen MR) is 117 cm³/mol. The third kappa shape index (κ3) is 4.99. The Balaban J connectivity index is 1.55. The highest BCUT2D eigenvalue weighted by atomic mass is 79.9. The first kappa shape index (κ1) is 21.8. The lowest BCUT2D eigenvalue weighted by Gasteiger charge is -2.17. The fourth-order valence-electron chi connectivity index (χ4n) is 3.25. The van der Waals surface area contributed by atoms with Crippen LogP contribution >= 0.6 is 15.9 Å². The van der Waals surface area contributed by atoms with Crippen LogP contribution in [0.2, 0.25) is 0 Å². The van der Waals surface area contributed by atoms with Crippen molar-refractivity contribution in [3.05, 3.63) is 52.0 Å². The quantitative estimate of drug-likeness (QED) is 0.646. The van der Waals surface area contributed by atoms with Crippen LogP contribution in [0.25, 0.3) is 0 Å². The maximum Gasteiger partial charge on any atom is 0.311 e. The van der Waals surface area contributed by atoms with Gasteiger partial charge < -0.3 is 19.7 Å². The minimum atomic E-state index is -0.617. The van der Waals surface area contributed by atoms with Crippen LogP contribution in [-0.2, 0) is 19.1 Å². The number of esters is 1. The Morgan fingerprint density at radius 2 is 1.97 bits per heavy atom. The number of amides is 2. The molecule has 1 N–H and O–H groups in total. The normalized spacial score (nSPS) is 15.8. The van der Waals surface area contributed by atoms with Crippen LogP contribution in [0.1, 0.15) is 17.5 Å². The van der Waals surface area contributed by atoms with Crippen LogP contribution in [0.5, 0.6) is 5.75 Å². The fraction of sp³-hybridized carbons (Fsp3) is 0.318. The Morgan fingerprint density at radius 3 is 2.70 bits per heavy atom. The molecular weight excluding hydrogens is 452 g/mol. The number of carbonyl (C=O) groups excluding carboxylic acids is 3. The average Bonchev–Trinajstić information content (AvgIpc) is 3.12. The van der Waals surface area contributed by atoms with Crippen molar-refractivity contribution in [1.29, 1.82) is 0 Å². The van der Waals surface area contributed by atoms with Gasteiger partial charge >= 0.3 is 5.97 Å². The number of aryl methyl sites for hydroxylation is 2. The molecule has 1 fully saturated rings. The van der Waals surface area contributed by atoms with Gasteiger partial charge in [-0.15, -0.1) is 0 Å². The summed E-state index contributed by atoms with van der Waals surface area (Å²) in [7, 11) is 1.55. The van der Waals surface area contributed by atoms with Gasteiger partial charge in [-0.3, -0.25) is 14.4 Å². The number of ether oxygens (including phenoxy) is 2. The first-order valence-electron chi connectivity index (χ1n) is 9.46. The summed E-state index contributed by atoms with van der Waals surface area (Å²) in [5.74, 6) is -1.15. The molecule has 7 nitrogen and oxygen atoms in total. The van der Waals surface area contributed by atoms with E-state index in [1.54, 1.807) is 31.4 Å². The minimum absolute atomic E-state index is 0.0443. The first-order chi connectivity index (χ1) is 14.3. The second-order valence-electron chi connectivity index (χ2n) is 7.18. The van der Waals surface area contributed by atoms with Gasteiger partial charge in [0.25, 0.3) is 5.91 Å². The summed E-state index contributed by atoms with van der Waals surface area (Å²) in [6.45, 7) is 3.60. The third-order valence-electron chi connectivity index (χ3n) is 4.95. The molecule has 30 heavy (non-hydrogen) atoms. The summed E-state index contributed by atoms with van der Waals surface area (Å²) in [5, 5.41) is 2.75. The van der Waals surface area contributed by atoms with E-state index in [0.717, 1.165) is 15.6 Å². The van der Waals surface area contributed by atoms with Gasteiger partial charge in [0.2, 0.25) is 5.91 Å². The molecule has 0 bridgehead atoms. The van der Waals surface area contributed by atoms with E-state index < -0.39 is 24.4 Å². The lowest BCUT2D eigenvalue weighted by atomic mass is 10.1. The lowest BCUT2D eigenvalue weighted by molar-refractivity contribution is -0.151. The van der Waals surface area contributed by atoms with Gasteiger partial charge in [-0.05, 0) is 49.2 Å². The number of halogens is 1. The molecule has 1 atom stereocenters. The molecular formula is C22H23BrN2O5. The van der Waals surface area contributed by atoms with Crippen LogP contribution in [0.3, 0.4) is 0 Å². The number of anilines is 2. The summed E-state index contributed by atoms with van der Waals surface area (Å²) in [6.07, 6.45) is 0.0443. The fourth-order valence-corrected chi connectivity index (χ4v) is 3.71. The largest absolute Gasteiger partial charge is 0.497 e. The molecule has 0 unspecified atom stereocenters. The van der Waals surface area contributed by atoms with Crippen molar-refractivity contribution in [2.24, 2.45) is 5.92 Å². The standard InChI is InChI=1S/C22H23BrN2O5/c1-13-8-19(14(2)7-18(13)23)24-20(26)12-30-22(28)15-9-21(27)25(11-15)16-5-4-6-17(10-16)29-3/h4-8,10,15H,9,11-12H2,1-3H3,(H,24,26)/t15-/m0/s1. The Bertz CT molecular complexity index is 991. The van der Waals surface area contributed by atoms with E-state index in [1.165, 1.54) is 4.90 Å². The molecule has 0 aromatic heterocycles. The molecule has 1 aliphatic heterocycles. The Kier molecular flexibility index (Phi) is 6.77. The maximum atomic E-state index is 12.4. The van der Waals surface area contributed by atoms with E-state index in [-0.39, 0.29) is 18.9 Å². The second-order valence-corrected chi connectivity index (χ2v) is 8.03. The first-order valence-corrected chi connectivity index (χ1v) is 10.3. The van der Waals surface area contributed by atoms with E-state index in [2.05, 4.69) is 21.2 Å². The Hall–Kier alpha value is -2.87. The number of hydrogen-bond acceptors (Lipinski definition) is 5. The van der Waals surface area contributed by atoms with Crippen molar-refractivity contribution in [3.63, 3.8) is 0 Å². The number of carbonyl (C=O) groups is 3. The van der Waals surface area contributed by atoms with Crippen molar-refractivity contribution in [3.8, 4) is 5.75 Å². The molecule has 1 heterocycles. The number of hydrogen-bond donors (Lipinski definition) is 1. The molecule has 0 radical (unpaired) electrons. The van der Waals surface area contributed by atoms with Gasteiger partial charge in [0, 0.05) is 34.9 Å². The van der Waals surface area contributed by atoms with Gasteiger partial charge in [0.15, 0.2) is 6.61 Å². The molecule has 158 valence electrons. The van der Waals surface area contributed by atoms with Gasteiger partial charge in [-0.25, -0.2) is 0 Å². The summed E-state index contributed by atoms with van der Waals surface area (Å²) in [6, 6.07) is 10.8. The molecule has 1 aliphatic rings. The topological polar surface area (TPSA) is 84.9 Å². The van der Waals surface area contributed by atoms with Crippen molar-refractivity contribution in [1.82, 2.24) is 0 Å². The zero-order valence-corrected chi connectivity index (χ0v) is 18.6. The van der Waals surface area contributed by atoms with Gasteiger partial charge in [0.05, 0.1) is 13.0 Å². The number of methoxy groups -OCH3 is 1. The second kappa shape index (κ2) is 9.30. The molecule has 8 heteroatoms. The van der Waals surface area contributed by atoms with Crippen molar-refractivity contribution < 1.29 is 23.9 Å². The van der Waals surface area contributed by atoms with E-state index in [1.807, 2.05) is 26.0 Å². The molecule has 3 rings (SSSR count). The number of nitrogens with one attached hydrogen (secondary N) is 1. The predicted octanol–water partition coefficient (Wildman–Crippen LogP) is 3.61. The minimum Gasteiger partial charge on any atom is -0.497 e. The van der Waals surface area contributed by atoms with E-state index >= 15 is 0 Å². The molecule has 0 aliphatic carbocycles. The Labute approximate surface area is 183 Å². The number of nitrogens with zero attached hydrogens (tertiary/aromatic N) is 1. The van der Waals surface area contributed by atoms with Crippen molar-refractivity contribution in [2.75, 3.05) is 30.5 Å². The van der Waals surface area contributed by atoms with E-state index in [0.29, 0.717) is 17.1 Å². The van der Waals surface area contributed by atoms with E-state index in [4.69, 9.17) is 9.47 Å². The smallest absolute Gasteiger partial charge is 0.311 e. The van der Waals surface area contributed by atoms with Crippen molar-refractivity contribution in [2.45, 2.75) is 20.3 Å². The molecule has 2 aromatic carbocycles. The van der Waals surface area contributed by atoms with Crippen LogP contribution in [0.4, 0.5) is 11.4 Å². The summed E-state index contributed by atoms with van der Waals surface area (Å²) >= 11 is 3.45. The van der Waals surface area contributed by atoms with Crippen LogP contribution in [-0.4, -0.2) is 38.0 Å². The van der Waals surface area contributed by atoms with Crippen LogP contribution < -0.4 is 15.0 Å². The zero-order chi connectivity index (χ0) is 21.8. The van der Waals surface area contributed by atoms with Gasteiger partial charge in [0.1, 0.15) is 5.75 Å². The van der Waals surface area contributed by atoms with E-state index in [9.17, 15) is 14.4 Å². The summed E-state index contributed by atoms with van der Waals surface area (Å²) in [5.41, 5.74) is 3.20. The zero-order valence-electron chi connectivity index (χ0n) is 17.0. The molecule has 2 aromatic rings. The Morgan fingerprint density at radius 1 is 1.20 bits per heavy atom. The van der Waals surface area contributed by atoms with Crippen LogP contribution in [0.15, 0.2) is 40.9 Å². The lowest BCUT2D eigenvalue weighted by Crippen LogP contribution is -2.28. The maximum absolute atomic E-state index is 12.4. The monoisotopic (exact) mass is 474 g/mol. The summed E-state index contributed by atoms with van der Waals surface area (Å²) < 4.78 is 11.3.